The number of esters is 2. The lowest BCUT2D eigenvalue weighted by molar-refractivity contribution is -0.121. The zero-order valence-corrected chi connectivity index (χ0v) is 18.4. The molecule has 1 N–H and O–H groups in total. The predicted molar refractivity (Wildman–Crippen MR) is 119 cm³/mol. The summed E-state index contributed by atoms with van der Waals surface area (Å²) in [5, 5.41) is 6.42. The van der Waals surface area contributed by atoms with Crippen molar-refractivity contribution in [3.8, 4) is 0 Å². The minimum Gasteiger partial charge on any atom is -0.465 e. The molecule has 0 spiro atoms. The van der Waals surface area contributed by atoms with Gasteiger partial charge in [-0.1, -0.05) is 30.3 Å². The molecule has 0 aromatic heterocycles. The summed E-state index contributed by atoms with van der Waals surface area (Å²) in [6.07, 6.45) is 0.773. The SMILES string of the molecule is CCCN1C(=O)/C(=N/OCC(=O)Nc2cc(C(=O)OC)cc(C(=O)OC)c2)c2ccccc21. The number of amides is 2. The Morgan fingerprint density at radius 3 is 2.24 bits per heavy atom. The Hall–Kier alpha value is -4.21. The Labute approximate surface area is 190 Å². The first-order valence-corrected chi connectivity index (χ1v) is 10.1. The molecule has 1 aliphatic rings. The molecule has 2 aromatic rings. The van der Waals surface area contributed by atoms with Crippen LogP contribution in [0.1, 0.15) is 39.6 Å². The van der Waals surface area contributed by atoms with Crippen molar-refractivity contribution in [1.29, 1.82) is 0 Å². The largest absolute Gasteiger partial charge is 0.465 e. The molecule has 2 aromatic carbocycles. The van der Waals surface area contributed by atoms with Crippen LogP contribution >= 0.6 is 0 Å². The Morgan fingerprint density at radius 1 is 1.00 bits per heavy atom. The number of oxime groups is 1. The van der Waals surface area contributed by atoms with Gasteiger partial charge in [-0.2, -0.15) is 0 Å². The summed E-state index contributed by atoms with van der Waals surface area (Å²) in [6, 6.07) is 11.2. The van der Waals surface area contributed by atoms with Crippen LogP contribution in [0.25, 0.3) is 0 Å². The van der Waals surface area contributed by atoms with Crippen LogP contribution in [0.4, 0.5) is 11.4 Å². The molecular formula is C23H23N3O7. The lowest BCUT2D eigenvalue weighted by atomic mass is 10.1. The summed E-state index contributed by atoms with van der Waals surface area (Å²) in [6.45, 7) is 2.00. The number of hydrogen-bond acceptors (Lipinski definition) is 8. The first-order valence-electron chi connectivity index (χ1n) is 10.1. The van der Waals surface area contributed by atoms with Crippen molar-refractivity contribution in [3.05, 3.63) is 59.2 Å². The first kappa shape index (κ1) is 23.5. The van der Waals surface area contributed by atoms with E-state index >= 15 is 0 Å². The maximum absolute atomic E-state index is 12.7. The molecule has 33 heavy (non-hydrogen) atoms. The number of fused-ring (bicyclic) bond motifs is 1. The van der Waals surface area contributed by atoms with E-state index in [1.165, 1.54) is 32.4 Å². The maximum atomic E-state index is 12.7. The number of nitrogens with zero attached hydrogens (tertiary/aromatic N) is 2. The Balaban J connectivity index is 1.72. The van der Waals surface area contributed by atoms with Gasteiger partial charge in [-0.3, -0.25) is 9.59 Å². The quantitative estimate of drug-likeness (QED) is 0.481. The van der Waals surface area contributed by atoms with Gasteiger partial charge in [-0.05, 0) is 30.7 Å². The number of ether oxygens (including phenoxy) is 2. The average molecular weight is 453 g/mol. The lowest BCUT2D eigenvalue weighted by Crippen LogP contribution is -2.31. The third-order valence-electron chi connectivity index (χ3n) is 4.76. The normalized spacial score (nSPS) is 13.5. The second kappa shape index (κ2) is 10.4. The van der Waals surface area contributed by atoms with Gasteiger partial charge in [0.2, 0.25) is 0 Å². The van der Waals surface area contributed by atoms with Gasteiger partial charge in [-0.15, -0.1) is 0 Å². The summed E-state index contributed by atoms with van der Waals surface area (Å²) >= 11 is 0. The second-order valence-electron chi connectivity index (χ2n) is 7.02. The molecule has 1 heterocycles. The van der Waals surface area contributed by atoms with Crippen LogP contribution < -0.4 is 10.2 Å². The average Bonchev–Trinajstić information content (AvgIpc) is 3.09. The van der Waals surface area contributed by atoms with E-state index in [9.17, 15) is 19.2 Å². The Bertz CT molecular complexity index is 1090. The molecular weight excluding hydrogens is 430 g/mol. The van der Waals surface area contributed by atoms with Crippen LogP contribution in [0.3, 0.4) is 0 Å². The van der Waals surface area contributed by atoms with Crippen molar-refractivity contribution in [2.75, 3.05) is 37.6 Å². The van der Waals surface area contributed by atoms with E-state index in [1.807, 2.05) is 19.1 Å². The molecule has 0 unspecified atom stereocenters. The van der Waals surface area contributed by atoms with Gasteiger partial charge >= 0.3 is 11.9 Å². The summed E-state index contributed by atoms with van der Waals surface area (Å²) in [7, 11) is 2.39. The number of anilines is 2. The third kappa shape index (κ3) is 5.17. The maximum Gasteiger partial charge on any atom is 0.337 e. The molecule has 0 saturated heterocycles. The minimum atomic E-state index is -0.686. The molecule has 2 amide bonds. The van der Waals surface area contributed by atoms with Crippen molar-refractivity contribution < 1.29 is 33.5 Å². The molecule has 0 saturated carbocycles. The van der Waals surface area contributed by atoms with Crippen LogP contribution in [-0.2, 0) is 23.9 Å². The topological polar surface area (TPSA) is 124 Å². The highest BCUT2D eigenvalue weighted by molar-refractivity contribution is 6.54. The van der Waals surface area contributed by atoms with E-state index in [1.54, 1.807) is 17.0 Å². The van der Waals surface area contributed by atoms with E-state index in [2.05, 4.69) is 19.9 Å². The van der Waals surface area contributed by atoms with Gasteiger partial charge in [-0.25, -0.2) is 9.59 Å². The zero-order valence-electron chi connectivity index (χ0n) is 18.4. The molecule has 0 atom stereocenters. The van der Waals surface area contributed by atoms with Crippen molar-refractivity contribution >= 4 is 40.8 Å². The van der Waals surface area contributed by atoms with Gasteiger partial charge in [0.1, 0.15) is 0 Å². The number of para-hydroxylation sites is 1. The fourth-order valence-electron chi connectivity index (χ4n) is 3.32. The first-order chi connectivity index (χ1) is 15.9. The number of carbonyl (C=O) groups is 4. The zero-order chi connectivity index (χ0) is 24.0. The van der Waals surface area contributed by atoms with Gasteiger partial charge in [0.05, 0.1) is 31.0 Å². The van der Waals surface area contributed by atoms with Gasteiger partial charge < -0.3 is 24.5 Å². The molecule has 0 aliphatic carbocycles. The summed E-state index contributed by atoms with van der Waals surface area (Å²) in [5.74, 6) is -2.28. The third-order valence-corrected chi connectivity index (χ3v) is 4.76. The van der Waals surface area contributed by atoms with E-state index in [4.69, 9.17) is 4.84 Å². The number of carbonyl (C=O) groups excluding carboxylic acids is 4. The summed E-state index contributed by atoms with van der Waals surface area (Å²) in [4.78, 5) is 55.6. The molecule has 0 radical (unpaired) electrons. The predicted octanol–water partition coefficient (Wildman–Crippen LogP) is 2.38. The molecule has 10 heteroatoms. The van der Waals surface area contributed by atoms with E-state index in [0.29, 0.717) is 12.1 Å². The number of nitrogens with one attached hydrogen (secondary N) is 1. The summed E-state index contributed by atoms with van der Waals surface area (Å²) in [5.41, 5.74) is 1.77. The highest BCUT2D eigenvalue weighted by Gasteiger charge is 2.33. The second-order valence-corrected chi connectivity index (χ2v) is 7.02. The van der Waals surface area contributed by atoms with E-state index < -0.39 is 24.5 Å². The fourth-order valence-corrected chi connectivity index (χ4v) is 3.32. The molecule has 10 nitrogen and oxygen atoms in total. The highest BCUT2D eigenvalue weighted by Crippen LogP contribution is 2.29. The lowest BCUT2D eigenvalue weighted by Gasteiger charge is -2.14. The van der Waals surface area contributed by atoms with Crippen LogP contribution in [-0.4, -0.2) is 56.8 Å². The molecule has 172 valence electrons. The fraction of sp³-hybridized carbons (Fsp3) is 0.261. The van der Waals surface area contributed by atoms with Crippen LogP contribution in [0.2, 0.25) is 0 Å². The van der Waals surface area contributed by atoms with Crippen molar-refractivity contribution in [2.45, 2.75) is 13.3 Å². The van der Waals surface area contributed by atoms with Gasteiger partial charge in [0.15, 0.2) is 12.3 Å². The Morgan fingerprint density at radius 2 is 1.64 bits per heavy atom. The highest BCUT2D eigenvalue weighted by atomic mass is 16.6. The Kier molecular flexibility index (Phi) is 7.39. The van der Waals surface area contributed by atoms with Crippen LogP contribution in [0, 0.1) is 0 Å². The monoisotopic (exact) mass is 453 g/mol. The van der Waals surface area contributed by atoms with Gasteiger partial charge in [0.25, 0.3) is 11.8 Å². The van der Waals surface area contributed by atoms with Crippen LogP contribution in [0.15, 0.2) is 47.6 Å². The summed E-state index contributed by atoms with van der Waals surface area (Å²) < 4.78 is 9.34. The van der Waals surface area contributed by atoms with Crippen LogP contribution in [0.5, 0.6) is 0 Å². The van der Waals surface area contributed by atoms with Gasteiger partial charge in [0, 0.05) is 17.8 Å². The minimum absolute atomic E-state index is 0.0565. The molecule has 3 rings (SSSR count). The number of methoxy groups -OCH3 is 2. The molecule has 1 aliphatic heterocycles. The molecule has 0 fully saturated rings. The smallest absolute Gasteiger partial charge is 0.337 e. The van der Waals surface area contributed by atoms with Crippen molar-refractivity contribution in [3.63, 3.8) is 0 Å². The van der Waals surface area contributed by atoms with E-state index in [0.717, 1.165) is 12.1 Å². The van der Waals surface area contributed by atoms with Crippen molar-refractivity contribution in [2.24, 2.45) is 5.16 Å². The van der Waals surface area contributed by atoms with E-state index in [-0.39, 0.29) is 28.4 Å². The number of hydrogen-bond donors (Lipinski definition) is 1. The molecule has 0 bridgehead atoms. The standard InChI is InChI=1S/C23H23N3O7/c1-4-9-26-18-8-6-5-7-17(18)20(21(26)28)25-33-13-19(27)24-16-11-14(22(29)31-2)10-15(12-16)23(30)32-3/h5-8,10-12H,4,9,13H2,1-3H3,(H,24,27)/b25-20+. The van der Waals surface area contributed by atoms with Crippen molar-refractivity contribution in [1.82, 2.24) is 0 Å². The number of benzene rings is 2. The number of rotatable bonds is 8.